The maximum Gasteiger partial charge on any atom is 0.223 e. The van der Waals surface area contributed by atoms with Gasteiger partial charge in [-0.25, -0.2) is 0 Å². The lowest BCUT2D eigenvalue weighted by Crippen LogP contribution is -2.32. The normalized spacial score (nSPS) is 12.2. The monoisotopic (exact) mass is 340 g/mol. The molecule has 22 heavy (non-hydrogen) atoms. The second-order valence-corrected chi connectivity index (χ2v) is 6.08. The first kappa shape index (κ1) is 16.8. The average Bonchev–Trinajstić information content (AvgIpc) is 2.87. The molecule has 1 amide bonds. The number of carbonyl (C=O) groups is 1. The van der Waals surface area contributed by atoms with Crippen LogP contribution in [0.2, 0.25) is 10.0 Å². The molecule has 118 valence electrons. The van der Waals surface area contributed by atoms with Crippen LogP contribution in [0.3, 0.4) is 0 Å². The summed E-state index contributed by atoms with van der Waals surface area (Å²) in [6.07, 6.45) is 2.87. The lowest BCUT2D eigenvalue weighted by atomic mass is 10.0. The first-order valence-corrected chi connectivity index (χ1v) is 7.77. The van der Waals surface area contributed by atoms with E-state index < -0.39 is 0 Å². The van der Waals surface area contributed by atoms with Crippen LogP contribution in [-0.2, 0) is 24.7 Å². The molecule has 0 radical (unpaired) electrons. The van der Waals surface area contributed by atoms with E-state index >= 15 is 0 Å². The number of nitrogens with one attached hydrogen (secondary N) is 1. The van der Waals surface area contributed by atoms with Gasteiger partial charge in [-0.05, 0) is 24.1 Å². The molecule has 0 spiro atoms. The number of amides is 1. The van der Waals surface area contributed by atoms with Gasteiger partial charge in [-0.3, -0.25) is 4.79 Å². The molecule has 2 rings (SSSR count). The molecule has 1 unspecified atom stereocenters. The second-order valence-electron chi connectivity index (χ2n) is 5.24. The standard InChI is InChI=1S/C15H18Cl2N4O/c1-10(7-11-3-4-12(16)8-13(11)17)15(22)18-6-5-14-20-19-9-21(14)2/h3-4,8-10H,5-7H2,1-2H3,(H,18,22). The van der Waals surface area contributed by atoms with Crippen LogP contribution in [0.1, 0.15) is 18.3 Å². The van der Waals surface area contributed by atoms with Crippen molar-refractivity contribution >= 4 is 29.1 Å². The Morgan fingerprint density at radius 2 is 2.18 bits per heavy atom. The number of carbonyl (C=O) groups excluding carboxylic acids is 1. The minimum absolute atomic E-state index is 0.00631. The van der Waals surface area contributed by atoms with E-state index in [1.165, 1.54) is 0 Å². The SMILES string of the molecule is CC(Cc1ccc(Cl)cc1Cl)C(=O)NCCc1nncn1C. The fraction of sp³-hybridized carbons (Fsp3) is 0.400. The molecule has 0 saturated carbocycles. The molecule has 0 aliphatic heterocycles. The van der Waals surface area contributed by atoms with E-state index in [2.05, 4.69) is 15.5 Å². The molecule has 0 saturated heterocycles. The smallest absolute Gasteiger partial charge is 0.223 e. The van der Waals surface area contributed by atoms with Gasteiger partial charge >= 0.3 is 0 Å². The summed E-state index contributed by atoms with van der Waals surface area (Å²) < 4.78 is 1.84. The number of hydrogen-bond acceptors (Lipinski definition) is 3. The topological polar surface area (TPSA) is 59.8 Å². The molecule has 0 bridgehead atoms. The van der Waals surface area contributed by atoms with Crippen LogP contribution in [0.4, 0.5) is 0 Å². The third-order valence-electron chi connectivity index (χ3n) is 3.44. The number of rotatable bonds is 6. The second kappa shape index (κ2) is 7.61. The van der Waals surface area contributed by atoms with E-state index in [0.29, 0.717) is 29.4 Å². The van der Waals surface area contributed by atoms with Crippen LogP contribution in [-0.4, -0.2) is 27.2 Å². The molecule has 0 fully saturated rings. The Hall–Kier alpha value is -1.59. The van der Waals surface area contributed by atoms with Crippen LogP contribution in [0.5, 0.6) is 0 Å². The molecule has 0 aliphatic rings. The maximum absolute atomic E-state index is 12.1. The number of aryl methyl sites for hydroxylation is 1. The number of hydrogen-bond donors (Lipinski definition) is 1. The molecule has 1 N–H and O–H groups in total. The van der Waals surface area contributed by atoms with Crippen molar-refractivity contribution in [2.75, 3.05) is 6.54 Å². The number of nitrogens with zero attached hydrogens (tertiary/aromatic N) is 3. The van der Waals surface area contributed by atoms with Gasteiger partial charge in [0.1, 0.15) is 12.2 Å². The van der Waals surface area contributed by atoms with E-state index in [9.17, 15) is 4.79 Å². The predicted octanol–water partition coefficient (Wildman–Crippen LogP) is 2.66. The van der Waals surface area contributed by atoms with Crippen LogP contribution in [0.25, 0.3) is 0 Å². The van der Waals surface area contributed by atoms with Gasteiger partial charge in [-0.2, -0.15) is 0 Å². The highest BCUT2D eigenvalue weighted by atomic mass is 35.5. The summed E-state index contributed by atoms with van der Waals surface area (Å²) in [6.45, 7) is 2.41. The fourth-order valence-electron chi connectivity index (χ4n) is 2.11. The quantitative estimate of drug-likeness (QED) is 0.879. The van der Waals surface area contributed by atoms with E-state index in [1.807, 2.05) is 24.6 Å². The molecule has 1 aromatic carbocycles. The van der Waals surface area contributed by atoms with Crippen molar-refractivity contribution in [1.82, 2.24) is 20.1 Å². The summed E-state index contributed by atoms with van der Waals surface area (Å²) in [5, 5.41) is 11.9. The summed E-state index contributed by atoms with van der Waals surface area (Å²) in [4.78, 5) is 12.1. The summed E-state index contributed by atoms with van der Waals surface area (Å²) >= 11 is 12.0. The third kappa shape index (κ3) is 4.45. The highest BCUT2D eigenvalue weighted by molar-refractivity contribution is 6.35. The van der Waals surface area contributed by atoms with Crippen molar-refractivity contribution in [3.05, 3.63) is 46.0 Å². The highest BCUT2D eigenvalue weighted by Gasteiger charge is 2.15. The highest BCUT2D eigenvalue weighted by Crippen LogP contribution is 2.23. The van der Waals surface area contributed by atoms with Crippen LogP contribution in [0.15, 0.2) is 24.5 Å². The molecule has 7 heteroatoms. The van der Waals surface area contributed by atoms with Crippen LogP contribution in [0, 0.1) is 5.92 Å². The Balaban J connectivity index is 1.83. The van der Waals surface area contributed by atoms with Crippen molar-refractivity contribution in [2.45, 2.75) is 19.8 Å². The molecule has 2 aromatic rings. The van der Waals surface area contributed by atoms with E-state index in [4.69, 9.17) is 23.2 Å². The zero-order chi connectivity index (χ0) is 16.1. The zero-order valence-corrected chi connectivity index (χ0v) is 14.0. The Kier molecular flexibility index (Phi) is 5.80. The van der Waals surface area contributed by atoms with Crippen LogP contribution < -0.4 is 5.32 Å². The fourth-order valence-corrected chi connectivity index (χ4v) is 2.60. The minimum atomic E-state index is -0.168. The number of aromatic nitrogens is 3. The Labute approximate surface area is 139 Å². The predicted molar refractivity (Wildman–Crippen MR) is 87.0 cm³/mol. The van der Waals surface area contributed by atoms with Gasteiger partial charge in [0.25, 0.3) is 0 Å². The maximum atomic E-state index is 12.1. The number of benzene rings is 1. The molecule has 1 atom stereocenters. The molecule has 1 aromatic heterocycles. The molecule has 0 aliphatic carbocycles. The largest absolute Gasteiger partial charge is 0.355 e. The average molecular weight is 341 g/mol. The number of halogens is 2. The van der Waals surface area contributed by atoms with Crippen molar-refractivity contribution in [3.8, 4) is 0 Å². The third-order valence-corrected chi connectivity index (χ3v) is 4.03. The molecular weight excluding hydrogens is 323 g/mol. The van der Waals surface area contributed by atoms with E-state index in [-0.39, 0.29) is 11.8 Å². The van der Waals surface area contributed by atoms with Gasteiger partial charge in [0.05, 0.1) is 0 Å². The molecule has 1 heterocycles. The summed E-state index contributed by atoms with van der Waals surface area (Å²) in [5.74, 6) is 0.667. The minimum Gasteiger partial charge on any atom is -0.355 e. The van der Waals surface area contributed by atoms with Gasteiger partial charge in [0.2, 0.25) is 5.91 Å². The Morgan fingerprint density at radius 1 is 1.41 bits per heavy atom. The van der Waals surface area contributed by atoms with Crippen molar-refractivity contribution in [1.29, 1.82) is 0 Å². The van der Waals surface area contributed by atoms with Crippen molar-refractivity contribution < 1.29 is 4.79 Å². The molecule has 5 nitrogen and oxygen atoms in total. The van der Waals surface area contributed by atoms with Gasteiger partial charge < -0.3 is 9.88 Å². The summed E-state index contributed by atoms with van der Waals surface area (Å²) in [7, 11) is 1.88. The van der Waals surface area contributed by atoms with Crippen molar-refractivity contribution in [2.24, 2.45) is 13.0 Å². The summed E-state index contributed by atoms with van der Waals surface area (Å²) in [5.41, 5.74) is 0.919. The van der Waals surface area contributed by atoms with Crippen LogP contribution >= 0.6 is 23.2 Å². The first-order valence-electron chi connectivity index (χ1n) is 7.02. The Morgan fingerprint density at radius 3 is 2.82 bits per heavy atom. The van der Waals surface area contributed by atoms with Crippen molar-refractivity contribution in [3.63, 3.8) is 0 Å². The van der Waals surface area contributed by atoms with Gasteiger partial charge in [-0.15, -0.1) is 10.2 Å². The lowest BCUT2D eigenvalue weighted by molar-refractivity contribution is -0.124. The lowest BCUT2D eigenvalue weighted by Gasteiger charge is -2.13. The Bertz CT molecular complexity index is 657. The zero-order valence-electron chi connectivity index (χ0n) is 12.5. The van der Waals surface area contributed by atoms with E-state index in [1.54, 1.807) is 18.5 Å². The summed E-state index contributed by atoms with van der Waals surface area (Å²) in [6, 6.07) is 5.33. The molecular formula is C15H18Cl2N4O. The van der Waals surface area contributed by atoms with Gasteiger partial charge in [0.15, 0.2) is 0 Å². The van der Waals surface area contributed by atoms with E-state index in [0.717, 1.165) is 11.4 Å². The van der Waals surface area contributed by atoms with Gasteiger partial charge in [-0.1, -0.05) is 36.2 Å². The first-order chi connectivity index (χ1) is 10.5. The van der Waals surface area contributed by atoms with Gasteiger partial charge in [0, 0.05) is 36.0 Å².